The number of carbonyl (C=O) groups excluding carboxylic acids is 1. The lowest BCUT2D eigenvalue weighted by atomic mass is 10.2. The molecule has 5 nitrogen and oxygen atoms in total. The Balaban J connectivity index is 2.32. The fourth-order valence-corrected chi connectivity index (χ4v) is 2.20. The van der Waals surface area contributed by atoms with E-state index in [1.54, 1.807) is 6.07 Å². The maximum Gasteiger partial charge on any atom is 0.340 e. The van der Waals surface area contributed by atoms with E-state index < -0.39 is 5.97 Å². The smallest absolute Gasteiger partial charge is 0.340 e. The van der Waals surface area contributed by atoms with Crippen molar-refractivity contribution in [3.63, 3.8) is 0 Å². The molecule has 0 aliphatic heterocycles. The first kappa shape index (κ1) is 14.3. The Bertz CT molecular complexity index is 659. The number of esters is 1. The van der Waals surface area contributed by atoms with Crippen LogP contribution in [0.1, 0.15) is 15.9 Å². The summed E-state index contributed by atoms with van der Waals surface area (Å²) in [5.74, 6) is 0.0468. The van der Waals surface area contributed by atoms with Crippen molar-refractivity contribution in [2.75, 3.05) is 18.2 Å². The lowest BCUT2D eigenvalue weighted by Crippen LogP contribution is -2.07. The number of pyridine rings is 1. The Hall–Kier alpha value is -2.08. The van der Waals surface area contributed by atoms with Gasteiger partial charge in [0.05, 0.1) is 24.6 Å². The van der Waals surface area contributed by atoms with Crippen molar-refractivity contribution >= 4 is 39.1 Å². The molecule has 0 aliphatic carbocycles. The van der Waals surface area contributed by atoms with Crippen LogP contribution in [0.15, 0.2) is 34.9 Å². The molecular weight excluding hydrogens is 322 g/mol. The largest absolute Gasteiger partial charge is 0.465 e. The molecule has 1 aromatic carbocycles. The molecule has 1 aromatic heterocycles. The number of nitrogens with one attached hydrogen (secondary N) is 1. The van der Waals surface area contributed by atoms with Gasteiger partial charge in [-0.3, -0.25) is 0 Å². The lowest BCUT2D eigenvalue weighted by molar-refractivity contribution is 0.0602. The lowest BCUT2D eigenvalue weighted by Gasteiger charge is -2.11. The van der Waals surface area contributed by atoms with Gasteiger partial charge in [-0.15, -0.1) is 0 Å². The molecule has 0 radical (unpaired) electrons. The van der Waals surface area contributed by atoms with Gasteiger partial charge >= 0.3 is 5.97 Å². The number of aryl methyl sites for hydroxylation is 1. The first-order valence-electron chi connectivity index (χ1n) is 5.88. The molecule has 104 valence electrons. The van der Waals surface area contributed by atoms with Crippen LogP contribution in [0.3, 0.4) is 0 Å². The molecule has 0 saturated carbocycles. The van der Waals surface area contributed by atoms with Crippen LogP contribution >= 0.6 is 15.9 Å². The number of anilines is 3. The normalized spacial score (nSPS) is 10.2. The van der Waals surface area contributed by atoms with E-state index in [4.69, 9.17) is 5.73 Å². The van der Waals surface area contributed by atoms with Gasteiger partial charge in [-0.1, -0.05) is 15.9 Å². The predicted octanol–water partition coefficient (Wildman–Crippen LogP) is 3.26. The number of ether oxygens (including phenoxy) is 1. The van der Waals surface area contributed by atoms with Crippen molar-refractivity contribution in [1.82, 2.24) is 4.98 Å². The minimum absolute atomic E-state index is 0.287. The highest BCUT2D eigenvalue weighted by molar-refractivity contribution is 9.10. The zero-order valence-corrected chi connectivity index (χ0v) is 12.7. The molecule has 2 rings (SSSR count). The van der Waals surface area contributed by atoms with Crippen LogP contribution in [0.4, 0.5) is 17.2 Å². The average Bonchev–Trinajstić information content (AvgIpc) is 2.43. The number of aromatic nitrogens is 1. The van der Waals surface area contributed by atoms with Crippen molar-refractivity contribution < 1.29 is 9.53 Å². The van der Waals surface area contributed by atoms with E-state index in [0.29, 0.717) is 11.4 Å². The zero-order valence-electron chi connectivity index (χ0n) is 11.1. The zero-order chi connectivity index (χ0) is 14.7. The highest BCUT2D eigenvalue weighted by Gasteiger charge is 2.12. The number of halogens is 1. The van der Waals surface area contributed by atoms with E-state index in [2.05, 4.69) is 31.0 Å². The number of rotatable bonds is 3. The number of hydrogen-bond donors (Lipinski definition) is 2. The summed E-state index contributed by atoms with van der Waals surface area (Å²) in [6.45, 7) is 1.98. The van der Waals surface area contributed by atoms with Crippen molar-refractivity contribution in [3.05, 3.63) is 46.1 Å². The highest BCUT2D eigenvalue weighted by atomic mass is 79.9. The van der Waals surface area contributed by atoms with E-state index in [-0.39, 0.29) is 5.69 Å². The van der Waals surface area contributed by atoms with Gasteiger partial charge in [0.25, 0.3) is 0 Å². The second-order valence-electron chi connectivity index (χ2n) is 4.23. The van der Waals surface area contributed by atoms with Crippen LogP contribution in [-0.4, -0.2) is 18.1 Å². The van der Waals surface area contributed by atoms with Gasteiger partial charge in [0.2, 0.25) is 0 Å². The Morgan fingerprint density at radius 3 is 2.80 bits per heavy atom. The first-order valence-corrected chi connectivity index (χ1v) is 6.67. The van der Waals surface area contributed by atoms with Gasteiger partial charge in [-0.2, -0.15) is 0 Å². The molecule has 20 heavy (non-hydrogen) atoms. The molecular formula is C14H14BrN3O2. The Kier molecular flexibility index (Phi) is 4.24. The van der Waals surface area contributed by atoms with E-state index in [0.717, 1.165) is 15.7 Å². The van der Waals surface area contributed by atoms with Crippen LogP contribution < -0.4 is 11.1 Å². The summed E-state index contributed by atoms with van der Waals surface area (Å²) in [6, 6.07) is 7.41. The molecule has 0 spiro atoms. The van der Waals surface area contributed by atoms with Crippen molar-refractivity contribution in [1.29, 1.82) is 0 Å². The van der Waals surface area contributed by atoms with Crippen LogP contribution in [0.2, 0.25) is 0 Å². The monoisotopic (exact) mass is 335 g/mol. The maximum atomic E-state index is 11.6. The van der Waals surface area contributed by atoms with E-state index in [9.17, 15) is 4.79 Å². The quantitative estimate of drug-likeness (QED) is 0.842. The Morgan fingerprint density at radius 2 is 2.15 bits per heavy atom. The van der Waals surface area contributed by atoms with Gasteiger partial charge in [-0.25, -0.2) is 9.78 Å². The number of nitrogens with two attached hydrogens (primary N) is 1. The summed E-state index contributed by atoms with van der Waals surface area (Å²) < 4.78 is 5.68. The van der Waals surface area contributed by atoms with E-state index >= 15 is 0 Å². The van der Waals surface area contributed by atoms with Crippen LogP contribution in [0.25, 0.3) is 0 Å². The predicted molar refractivity (Wildman–Crippen MR) is 82.2 cm³/mol. The Labute approximate surface area is 125 Å². The van der Waals surface area contributed by atoms with E-state index in [1.165, 1.54) is 13.3 Å². The average molecular weight is 336 g/mol. The first-order chi connectivity index (χ1) is 9.51. The number of methoxy groups -OCH3 is 1. The van der Waals surface area contributed by atoms with Gasteiger partial charge in [0, 0.05) is 10.2 Å². The van der Waals surface area contributed by atoms with Crippen molar-refractivity contribution in [3.8, 4) is 0 Å². The number of benzene rings is 1. The van der Waals surface area contributed by atoms with Gasteiger partial charge in [0.1, 0.15) is 5.82 Å². The molecule has 0 aliphatic rings. The van der Waals surface area contributed by atoms with Crippen LogP contribution in [0, 0.1) is 6.92 Å². The van der Waals surface area contributed by atoms with Crippen LogP contribution in [-0.2, 0) is 4.74 Å². The summed E-state index contributed by atoms with van der Waals surface area (Å²) in [7, 11) is 1.31. The summed E-state index contributed by atoms with van der Waals surface area (Å²) >= 11 is 3.41. The second-order valence-corrected chi connectivity index (χ2v) is 5.15. The highest BCUT2D eigenvalue weighted by Crippen LogP contribution is 2.24. The minimum Gasteiger partial charge on any atom is -0.465 e. The molecule has 1 heterocycles. The number of carbonyl (C=O) groups is 1. The fourth-order valence-electron chi connectivity index (χ4n) is 1.73. The summed E-state index contributed by atoms with van der Waals surface area (Å²) in [5.41, 5.74) is 8.25. The third-order valence-corrected chi connectivity index (χ3v) is 3.28. The van der Waals surface area contributed by atoms with Gasteiger partial charge in [0.15, 0.2) is 0 Å². The SMILES string of the molecule is COC(=O)c1cc(Nc2ccc(Br)cc2C)ncc1N. The molecule has 2 aromatic rings. The second kappa shape index (κ2) is 5.92. The topological polar surface area (TPSA) is 77.2 Å². The minimum atomic E-state index is -0.486. The fraction of sp³-hybridized carbons (Fsp3) is 0.143. The van der Waals surface area contributed by atoms with E-state index in [1.807, 2.05) is 25.1 Å². The van der Waals surface area contributed by atoms with Crippen molar-refractivity contribution in [2.45, 2.75) is 6.92 Å². The summed E-state index contributed by atoms with van der Waals surface area (Å²) in [5, 5.41) is 3.15. The number of hydrogen-bond acceptors (Lipinski definition) is 5. The molecule has 0 saturated heterocycles. The molecule has 0 amide bonds. The number of nitrogen functional groups attached to an aromatic ring is 1. The summed E-state index contributed by atoms with van der Waals surface area (Å²) in [6.07, 6.45) is 1.43. The molecule has 0 atom stereocenters. The van der Waals surface area contributed by atoms with Crippen molar-refractivity contribution in [2.24, 2.45) is 0 Å². The standard InChI is InChI=1S/C14H14BrN3O2/c1-8-5-9(15)3-4-12(8)18-13-6-10(14(19)20-2)11(16)7-17-13/h3-7H,16H2,1-2H3,(H,17,18). The number of nitrogens with zero attached hydrogens (tertiary/aromatic N) is 1. The molecule has 0 bridgehead atoms. The third kappa shape index (κ3) is 3.08. The molecule has 0 fully saturated rings. The maximum absolute atomic E-state index is 11.6. The summed E-state index contributed by atoms with van der Waals surface area (Å²) in [4.78, 5) is 15.7. The molecule has 6 heteroatoms. The molecule has 0 unspecified atom stereocenters. The Morgan fingerprint density at radius 1 is 1.40 bits per heavy atom. The van der Waals surface area contributed by atoms with Gasteiger partial charge in [-0.05, 0) is 36.8 Å². The van der Waals surface area contributed by atoms with Crippen LogP contribution in [0.5, 0.6) is 0 Å². The van der Waals surface area contributed by atoms with Gasteiger partial charge < -0.3 is 15.8 Å². The third-order valence-electron chi connectivity index (χ3n) is 2.79. The molecule has 3 N–H and O–H groups in total.